The number of para-hydroxylation sites is 1. The molecule has 4 rings (SSSR count). The van der Waals surface area contributed by atoms with Gasteiger partial charge in [0.15, 0.2) is 0 Å². The maximum atomic E-state index is 12.7. The van der Waals surface area contributed by atoms with E-state index in [4.69, 9.17) is 0 Å². The summed E-state index contributed by atoms with van der Waals surface area (Å²) in [6.07, 6.45) is 1.10. The predicted octanol–water partition coefficient (Wildman–Crippen LogP) is 5.36. The van der Waals surface area contributed by atoms with Gasteiger partial charge in [-0.15, -0.1) is 0 Å². The number of hydrogen-bond donors (Lipinski definition) is 1. The first-order chi connectivity index (χ1) is 14.0. The van der Waals surface area contributed by atoms with Crippen LogP contribution in [0.1, 0.15) is 51.1 Å². The zero-order valence-electron chi connectivity index (χ0n) is 17.4. The second-order valence-electron chi connectivity index (χ2n) is 8.05. The van der Waals surface area contributed by atoms with Crippen LogP contribution in [0, 0.1) is 13.8 Å². The number of rotatable bonds is 5. The van der Waals surface area contributed by atoms with Gasteiger partial charge in [0, 0.05) is 24.3 Å². The third-order valence-electron chi connectivity index (χ3n) is 5.81. The Labute approximate surface area is 173 Å². The molecule has 1 unspecified atom stereocenters. The Morgan fingerprint density at radius 2 is 1.79 bits per heavy atom. The molecule has 0 saturated carbocycles. The molecule has 0 aliphatic carbocycles. The first-order valence-corrected chi connectivity index (χ1v) is 10.3. The number of benzene rings is 3. The van der Waals surface area contributed by atoms with E-state index < -0.39 is 0 Å². The summed E-state index contributed by atoms with van der Waals surface area (Å²) in [5.74, 6) is -0.0319. The Kier molecular flexibility index (Phi) is 5.39. The molecule has 1 atom stereocenters. The molecule has 1 N–H and O–H groups in total. The van der Waals surface area contributed by atoms with Gasteiger partial charge in [0.1, 0.15) is 0 Å². The van der Waals surface area contributed by atoms with Crippen LogP contribution in [0.25, 0.3) is 0 Å². The lowest BCUT2D eigenvalue weighted by Crippen LogP contribution is -2.27. The zero-order chi connectivity index (χ0) is 20.4. The van der Waals surface area contributed by atoms with Crippen molar-refractivity contribution in [1.82, 2.24) is 5.32 Å². The molecule has 1 aliphatic heterocycles. The summed E-state index contributed by atoms with van der Waals surface area (Å²) < 4.78 is 0. The van der Waals surface area contributed by atoms with E-state index in [2.05, 4.69) is 78.7 Å². The molecule has 0 bridgehead atoms. The van der Waals surface area contributed by atoms with Gasteiger partial charge in [-0.25, -0.2) is 0 Å². The number of nitrogens with one attached hydrogen (secondary N) is 1. The SMILES string of the molecule is Cc1ccc(C(C)NC(=O)c2ccc(CN3CCc4ccccc43)cc2)c(C)c1. The highest BCUT2D eigenvalue weighted by molar-refractivity contribution is 5.94. The van der Waals surface area contributed by atoms with Gasteiger partial charge in [-0.2, -0.15) is 0 Å². The average molecular weight is 385 g/mol. The second-order valence-corrected chi connectivity index (χ2v) is 8.05. The highest BCUT2D eigenvalue weighted by Crippen LogP contribution is 2.28. The van der Waals surface area contributed by atoms with Gasteiger partial charge in [-0.05, 0) is 67.6 Å². The Morgan fingerprint density at radius 3 is 2.55 bits per heavy atom. The van der Waals surface area contributed by atoms with Gasteiger partial charge in [-0.3, -0.25) is 4.79 Å². The number of anilines is 1. The second kappa shape index (κ2) is 8.12. The van der Waals surface area contributed by atoms with Crippen molar-refractivity contribution in [3.8, 4) is 0 Å². The Hall–Kier alpha value is -3.07. The minimum absolute atomic E-state index is 0.0242. The van der Waals surface area contributed by atoms with E-state index >= 15 is 0 Å². The van der Waals surface area contributed by atoms with Gasteiger partial charge in [0.2, 0.25) is 0 Å². The maximum Gasteiger partial charge on any atom is 0.251 e. The quantitative estimate of drug-likeness (QED) is 0.642. The number of aryl methyl sites for hydroxylation is 2. The number of carbonyl (C=O) groups excluding carboxylic acids is 1. The maximum absolute atomic E-state index is 12.7. The average Bonchev–Trinajstić information content (AvgIpc) is 3.11. The number of hydrogen-bond acceptors (Lipinski definition) is 2. The molecule has 0 saturated heterocycles. The van der Waals surface area contributed by atoms with Crippen molar-refractivity contribution >= 4 is 11.6 Å². The van der Waals surface area contributed by atoms with Gasteiger partial charge < -0.3 is 10.2 Å². The summed E-state index contributed by atoms with van der Waals surface area (Å²) in [5, 5.41) is 3.13. The number of carbonyl (C=O) groups is 1. The Morgan fingerprint density at radius 1 is 1.03 bits per heavy atom. The normalized spacial score (nSPS) is 13.8. The molecule has 3 heteroatoms. The van der Waals surface area contributed by atoms with Crippen LogP contribution >= 0.6 is 0 Å². The lowest BCUT2D eigenvalue weighted by atomic mass is 10.00. The van der Waals surface area contributed by atoms with Crippen molar-refractivity contribution in [2.75, 3.05) is 11.4 Å². The lowest BCUT2D eigenvalue weighted by molar-refractivity contribution is 0.0940. The molecule has 0 radical (unpaired) electrons. The van der Waals surface area contributed by atoms with Crippen molar-refractivity contribution in [2.45, 2.75) is 39.8 Å². The topological polar surface area (TPSA) is 32.3 Å². The lowest BCUT2D eigenvalue weighted by Gasteiger charge is -2.20. The molecule has 3 aromatic rings. The van der Waals surface area contributed by atoms with E-state index in [-0.39, 0.29) is 11.9 Å². The monoisotopic (exact) mass is 384 g/mol. The fourth-order valence-electron chi connectivity index (χ4n) is 4.22. The third-order valence-corrected chi connectivity index (χ3v) is 5.81. The van der Waals surface area contributed by atoms with Crippen LogP contribution in [0.4, 0.5) is 5.69 Å². The first-order valence-electron chi connectivity index (χ1n) is 10.3. The molecular weight excluding hydrogens is 356 g/mol. The van der Waals surface area contributed by atoms with Crippen LogP contribution in [0.3, 0.4) is 0 Å². The number of amides is 1. The molecule has 0 aromatic heterocycles. The summed E-state index contributed by atoms with van der Waals surface area (Å²) in [7, 11) is 0. The number of fused-ring (bicyclic) bond motifs is 1. The van der Waals surface area contributed by atoms with Crippen molar-refractivity contribution in [3.05, 3.63) is 100 Å². The fourth-order valence-corrected chi connectivity index (χ4v) is 4.22. The highest BCUT2D eigenvalue weighted by atomic mass is 16.1. The van der Waals surface area contributed by atoms with Gasteiger partial charge in [-0.1, -0.05) is 54.1 Å². The van der Waals surface area contributed by atoms with Crippen LogP contribution in [0.15, 0.2) is 66.7 Å². The van der Waals surface area contributed by atoms with Crippen LogP contribution in [-0.4, -0.2) is 12.5 Å². The van der Waals surface area contributed by atoms with E-state index in [9.17, 15) is 4.79 Å². The summed E-state index contributed by atoms with van der Waals surface area (Å²) in [6, 6.07) is 22.9. The Bertz CT molecular complexity index is 1020. The zero-order valence-corrected chi connectivity index (χ0v) is 17.4. The fraction of sp³-hybridized carbons (Fsp3) is 0.269. The van der Waals surface area contributed by atoms with Gasteiger partial charge in [0.05, 0.1) is 6.04 Å². The van der Waals surface area contributed by atoms with E-state index in [1.54, 1.807) is 0 Å². The van der Waals surface area contributed by atoms with Crippen molar-refractivity contribution in [2.24, 2.45) is 0 Å². The molecule has 3 aromatic carbocycles. The number of nitrogens with zero attached hydrogens (tertiary/aromatic N) is 1. The summed E-state index contributed by atoms with van der Waals surface area (Å²) in [4.78, 5) is 15.1. The largest absolute Gasteiger partial charge is 0.367 e. The van der Waals surface area contributed by atoms with Crippen LogP contribution in [0.5, 0.6) is 0 Å². The van der Waals surface area contributed by atoms with E-state index in [1.807, 2.05) is 19.1 Å². The highest BCUT2D eigenvalue weighted by Gasteiger charge is 2.18. The molecule has 1 amide bonds. The summed E-state index contributed by atoms with van der Waals surface area (Å²) in [6.45, 7) is 8.14. The molecule has 1 aliphatic rings. The first kappa shape index (κ1) is 19.3. The van der Waals surface area contributed by atoms with E-state index in [1.165, 1.54) is 27.9 Å². The standard InChI is InChI=1S/C26H28N2O/c1-18-8-13-24(19(2)16-18)20(3)27-26(29)23-11-9-21(10-12-23)17-28-15-14-22-6-4-5-7-25(22)28/h4-13,16,20H,14-15,17H2,1-3H3,(H,27,29). The molecule has 3 nitrogen and oxygen atoms in total. The van der Waals surface area contributed by atoms with Crippen molar-refractivity contribution in [1.29, 1.82) is 0 Å². The predicted molar refractivity (Wildman–Crippen MR) is 119 cm³/mol. The molecule has 1 heterocycles. The Balaban J connectivity index is 1.40. The van der Waals surface area contributed by atoms with Gasteiger partial charge in [0.25, 0.3) is 5.91 Å². The molecule has 0 fully saturated rings. The van der Waals surface area contributed by atoms with Crippen molar-refractivity contribution < 1.29 is 4.79 Å². The minimum atomic E-state index is -0.0319. The molecule has 148 valence electrons. The van der Waals surface area contributed by atoms with Crippen LogP contribution in [-0.2, 0) is 13.0 Å². The molecule has 29 heavy (non-hydrogen) atoms. The third kappa shape index (κ3) is 4.19. The van der Waals surface area contributed by atoms with Crippen LogP contribution < -0.4 is 10.2 Å². The van der Waals surface area contributed by atoms with Gasteiger partial charge >= 0.3 is 0 Å². The van der Waals surface area contributed by atoms with E-state index in [0.717, 1.165) is 25.1 Å². The molecule has 0 spiro atoms. The van der Waals surface area contributed by atoms with E-state index in [0.29, 0.717) is 5.56 Å². The molecular formula is C26H28N2O. The van der Waals surface area contributed by atoms with Crippen LogP contribution in [0.2, 0.25) is 0 Å². The summed E-state index contributed by atoms with van der Waals surface area (Å²) in [5.41, 5.74) is 8.28. The summed E-state index contributed by atoms with van der Waals surface area (Å²) >= 11 is 0. The minimum Gasteiger partial charge on any atom is -0.367 e. The van der Waals surface area contributed by atoms with Crippen molar-refractivity contribution in [3.63, 3.8) is 0 Å². The smallest absolute Gasteiger partial charge is 0.251 e.